The quantitative estimate of drug-likeness (QED) is 0.826. The van der Waals surface area contributed by atoms with Crippen molar-refractivity contribution in [2.75, 3.05) is 13.2 Å². The van der Waals surface area contributed by atoms with Gasteiger partial charge in [-0.25, -0.2) is 13.8 Å². The van der Waals surface area contributed by atoms with Crippen molar-refractivity contribution in [2.45, 2.75) is 25.1 Å². The van der Waals surface area contributed by atoms with Gasteiger partial charge in [-0.3, -0.25) is 4.79 Å². The number of nitrogens with zero attached hydrogens (tertiary/aromatic N) is 2. The zero-order valence-corrected chi connectivity index (χ0v) is 16.9. The summed E-state index contributed by atoms with van der Waals surface area (Å²) in [6, 6.07) is 8.95. The van der Waals surface area contributed by atoms with E-state index in [0.29, 0.717) is 25.3 Å². The number of nitrogens with two attached hydrogens (primary N) is 1. The smallest absolute Gasteiger partial charge is 0.241 e. The van der Waals surface area contributed by atoms with Gasteiger partial charge in [0.1, 0.15) is 22.4 Å². The summed E-state index contributed by atoms with van der Waals surface area (Å²) in [5, 5.41) is 6.10. The molecule has 0 radical (unpaired) electrons. The molecule has 1 amide bonds. The van der Waals surface area contributed by atoms with E-state index >= 15 is 0 Å². The first-order valence-corrected chi connectivity index (χ1v) is 10.2. The molecule has 0 aromatic heterocycles. The highest BCUT2D eigenvalue weighted by atomic mass is 32.2. The predicted octanol–water partition coefficient (Wildman–Crippen LogP) is 3.74. The summed E-state index contributed by atoms with van der Waals surface area (Å²) in [7, 11) is 0. The number of halogens is 2. The first-order chi connectivity index (χ1) is 13.9. The molecular weight excluding hydrogens is 396 g/mol. The third-order valence-corrected chi connectivity index (χ3v) is 6.84. The van der Waals surface area contributed by atoms with Crippen LogP contribution in [-0.2, 0) is 9.67 Å². The largest absolute Gasteiger partial charge is 0.492 e. The zero-order chi connectivity index (χ0) is 20.8. The highest BCUT2D eigenvalue weighted by Crippen LogP contribution is 2.58. The molecule has 5 nitrogen and oxygen atoms in total. The summed E-state index contributed by atoms with van der Waals surface area (Å²) in [4.78, 5) is 11.7. The minimum atomic E-state index is -0.932. The number of carbonyl (C=O) groups excluding carboxylic acids is 1. The van der Waals surface area contributed by atoms with Gasteiger partial charge in [0.2, 0.25) is 5.91 Å². The molecule has 0 saturated carbocycles. The predicted molar refractivity (Wildman–Crippen MR) is 109 cm³/mol. The van der Waals surface area contributed by atoms with Crippen molar-refractivity contribution in [1.29, 1.82) is 0 Å². The Balaban J connectivity index is 1.92. The Morgan fingerprint density at radius 3 is 2.90 bits per heavy atom. The fourth-order valence-electron chi connectivity index (χ4n) is 4.00. The monoisotopic (exact) mass is 417 g/mol. The Bertz CT molecular complexity index is 1010. The molecule has 2 aromatic carbocycles. The molecule has 2 N–H and O–H groups in total. The molecule has 152 valence electrons. The summed E-state index contributed by atoms with van der Waals surface area (Å²) in [6.07, 6.45) is 0.582. The van der Waals surface area contributed by atoms with Crippen LogP contribution in [0.1, 0.15) is 30.0 Å². The third-order valence-electron chi connectivity index (χ3n) is 5.31. The average Bonchev–Trinajstić information content (AvgIpc) is 3.08. The van der Waals surface area contributed by atoms with Gasteiger partial charge in [0.15, 0.2) is 4.87 Å². The second-order valence-electron chi connectivity index (χ2n) is 7.20. The number of thioether (sulfide) groups is 1. The normalized spacial score (nSPS) is 23.0. The highest BCUT2D eigenvalue weighted by molar-refractivity contribution is 8.15. The third kappa shape index (κ3) is 3.11. The van der Waals surface area contributed by atoms with E-state index in [1.807, 2.05) is 25.1 Å². The zero-order valence-electron chi connectivity index (χ0n) is 16.1. The molecule has 2 aromatic rings. The molecular formula is C21H21F2N3O2S. The van der Waals surface area contributed by atoms with Gasteiger partial charge in [0.25, 0.3) is 0 Å². The van der Waals surface area contributed by atoms with Crippen LogP contribution in [0.25, 0.3) is 0 Å². The van der Waals surface area contributed by atoms with Crippen molar-refractivity contribution in [3.05, 3.63) is 64.7 Å². The Hall–Kier alpha value is -2.45. The molecule has 0 unspecified atom stereocenters. The Morgan fingerprint density at radius 1 is 1.38 bits per heavy atom. The van der Waals surface area contributed by atoms with Crippen molar-refractivity contribution in [1.82, 2.24) is 5.01 Å². The van der Waals surface area contributed by atoms with Gasteiger partial charge in [-0.1, -0.05) is 30.0 Å². The van der Waals surface area contributed by atoms with Crippen molar-refractivity contribution in [3.8, 4) is 5.75 Å². The fourth-order valence-corrected chi connectivity index (χ4v) is 5.56. The molecule has 2 atom stereocenters. The van der Waals surface area contributed by atoms with Crippen LogP contribution < -0.4 is 10.5 Å². The van der Waals surface area contributed by atoms with Gasteiger partial charge < -0.3 is 10.5 Å². The first kappa shape index (κ1) is 19.8. The van der Waals surface area contributed by atoms with Gasteiger partial charge in [-0.15, -0.1) is 0 Å². The molecule has 0 bridgehead atoms. The number of hydrogen-bond acceptors (Lipinski definition) is 5. The van der Waals surface area contributed by atoms with Gasteiger partial charge in [-0.2, -0.15) is 5.10 Å². The number of hydrogen-bond donors (Lipinski definition) is 1. The van der Waals surface area contributed by atoms with E-state index in [1.54, 1.807) is 0 Å². The standard InChI is InChI=1S/C21H21F2N3O2S/c1-12-4-3-5-17-19(12)28-11-14(8-9-24)21(17)26(13(2)27)25-20(29-21)16-10-15(22)6-7-18(16)23/h3-7,10,14H,8-9,11,24H2,1-2H3/t14-,21-/m0/s1. The summed E-state index contributed by atoms with van der Waals surface area (Å²) < 4.78 is 34.4. The van der Waals surface area contributed by atoms with Crippen LogP contribution in [0.5, 0.6) is 5.75 Å². The maximum Gasteiger partial charge on any atom is 0.241 e. The van der Waals surface area contributed by atoms with Crippen molar-refractivity contribution < 1.29 is 18.3 Å². The number of carbonyl (C=O) groups is 1. The van der Waals surface area contributed by atoms with Crippen molar-refractivity contribution in [2.24, 2.45) is 16.8 Å². The van der Waals surface area contributed by atoms with E-state index in [2.05, 4.69) is 5.10 Å². The number of benzene rings is 2. The van der Waals surface area contributed by atoms with Gasteiger partial charge >= 0.3 is 0 Å². The summed E-state index contributed by atoms with van der Waals surface area (Å²) >= 11 is 1.26. The highest BCUT2D eigenvalue weighted by Gasteiger charge is 2.56. The Labute approximate surface area is 171 Å². The molecule has 8 heteroatoms. The maximum absolute atomic E-state index is 14.5. The molecule has 2 aliphatic rings. The second-order valence-corrected chi connectivity index (χ2v) is 8.41. The van der Waals surface area contributed by atoms with E-state index < -0.39 is 16.5 Å². The van der Waals surface area contributed by atoms with E-state index in [-0.39, 0.29) is 22.4 Å². The van der Waals surface area contributed by atoms with Crippen LogP contribution in [0.2, 0.25) is 0 Å². The van der Waals surface area contributed by atoms with Crippen molar-refractivity contribution >= 4 is 22.7 Å². The summed E-state index contributed by atoms with van der Waals surface area (Å²) in [5.74, 6) is -0.934. The molecule has 1 spiro atoms. The van der Waals surface area contributed by atoms with E-state index in [1.165, 1.54) is 23.7 Å². The number of aryl methyl sites for hydroxylation is 1. The average molecular weight is 417 g/mol. The fraction of sp³-hybridized carbons (Fsp3) is 0.333. The first-order valence-electron chi connectivity index (χ1n) is 9.35. The van der Waals surface area contributed by atoms with Crippen LogP contribution in [0.3, 0.4) is 0 Å². The SMILES string of the molecule is CC(=O)N1N=C(c2cc(F)ccc2F)S[C@@]12c1cccc(C)c1OC[C@@H]2CCN. The van der Waals surface area contributed by atoms with Crippen LogP contribution in [-0.4, -0.2) is 29.1 Å². The number of amides is 1. The molecule has 2 heterocycles. The van der Waals surface area contributed by atoms with Crippen LogP contribution >= 0.6 is 11.8 Å². The number of hydrazone groups is 1. The minimum absolute atomic E-state index is 0.0327. The number of rotatable bonds is 3. The van der Waals surface area contributed by atoms with Crippen LogP contribution in [0.4, 0.5) is 8.78 Å². The molecule has 0 saturated heterocycles. The van der Waals surface area contributed by atoms with Crippen molar-refractivity contribution in [3.63, 3.8) is 0 Å². The maximum atomic E-state index is 14.5. The van der Waals surface area contributed by atoms with E-state index in [4.69, 9.17) is 10.5 Å². The Kier molecular flexibility index (Phi) is 5.08. The number of fused-ring (bicyclic) bond motifs is 2. The van der Waals surface area contributed by atoms with Crippen LogP contribution in [0, 0.1) is 24.5 Å². The molecule has 0 aliphatic carbocycles. The molecule has 0 fully saturated rings. The second kappa shape index (κ2) is 7.42. The van der Waals surface area contributed by atoms with E-state index in [0.717, 1.165) is 29.3 Å². The lowest BCUT2D eigenvalue weighted by atomic mass is 9.85. The lowest BCUT2D eigenvalue weighted by Gasteiger charge is -2.45. The molecule has 2 aliphatic heterocycles. The summed E-state index contributed by atoms with van der Waals surface area (Å²) in [6.45, 7) is 4.09. The topological polar surface area (TPSA) is 67.9 Å². The van der Waals surface area contributed by atoms with E-state index in [9.17, 15) is 13.6 Å². The summed E-state index contributed by atoms with van der Waals surface area (Å²) in [5.41, 5.74) is 7.61. The molecule has 4 rings (SSSR count). The minimum Gasteiger partial charge on any atom is -0.492 e. The Morgan fingerprint density at radius 2 is 2.17 bits per heavy atom. The number of ether oxygens (including phenoxy) is 1. The lowest BCUT2D eigenvalue weighted by Crippen LogP contribution is -2.51. The van der Waals surface area contributed by atoms with Crippen LogP contribution in [0.15, 0.2) is 41.5 Å². The molecule has 29 heavy (non-hydrogen) atoms. The van der Waals surface area contributed by atoms with Gasteiger partial charge in [0.05, 0.1) is 6.61 Å². The lowest BCUT2D eigenvalue weighted by molar-refractivity contribution is -0.134. The number of para-hydroxylation sites is 1. The van der Waals surface area contributed by atoms with Gasteiger partial charge in [0, 0.05) is 24.0 Å². The van der Waals surface area contributed by atoms with Gasteiger partial charge in [-0.05, 0) is 43.7 Å².